The Bertz CT molecular complexity index is 1050. The third-order valence-electron chi connectivity index (χ3n) is 4.36. The standard InChI is InChI=1S/C22H18ClN3O2/c1-27-19-8-2-15(3-9-19)14-28-22-20(16-10-12-24-13-11-16)21(25-26-22)17-4-6-18(23)7-5-17/h2-13H,14H2,1H3,(H,25,26). The summed E-state index contributed by atoms with van der Waals surface area (Å²) < 4.78 is 11.3. The topological polar surface area (TPSA) is 60.0 Å². The lowest BCUT2D eigenvalue weighted by Crippen LogP contribution is -1.97. The summed E-state index contributed by atoms with van der Waals surface area (Å²) in [6.45, 7) is 0.407. The van der Waals surface area contributed by atoms with Gasteiger partial charge in [-0.05, 0) is 47.5 Å². The zero-order valence-electron chi connectivity index (χ0n) is 15.2. The molecule has 4 aromatic rings. The number of ether oxygens (including phenoxy) is 2. The first-order valence-corrected chi connectivity index (χ1v) is 9.13. The molecule has 0 fully saturated rings. The van der Waals surface area contributed by atoms with Gasteiger partial charge in [-0.15, -0.1) is 0 Å². The summed E-state index contributed by atoms with van der Waals surface area (Å²) in [6, 6.07) is 19.2. The van der Waals surface area contributed by atoms with Crippen LogP contribution in [0.15, 0.2) is 73.1 Å². The number of H-pyrrole nitrogens is 1. The van der Waals surface area contributed by atoms with Crippen molar-refractivity contribution in [3.63, 3.8) is 0 Å². The van der Waals surface area contributed by atoms with Crippen molar-refractivity contribution >= 4 is 11.6 Å². The molecule has 1 N–H and O–H groups in total. The van der Waals surface area contributed by atoms with Crippen LogP contribution >= 0.6 is 11.6 Å². The number of methoxy groups -OCH3 is 1. The first-order valence-electron chi connectivity index (χ1n) is 8.75. The van der Waals surface area contributed by atoms with Crippen molar-refractivity contribution in [2.45, 2.75) is 6.61 Å². The van der Waals surface area contributed by atoms with Crippen LogP contribution in [0, 0.1) is 0 Å². The van der Waals surface area contributed by atoms with Crippen LogP contribution in [-0.4, -0.2) is 22.3 Å². The van der Waals surface area contributed by atoms with Gasteiger partial charge in [-0.25, -0.2) is 5.10 Å². The van der Waals surface area contributed by atoms with E-state index in [0.717, 1.165) is 33.7 Å². The lowest BCUT2D eigenvalue weighted by Gasteiger charge is -2.09. The van der Waals surface area contributed by atoms with Crippen molar-refractivity contribution in [3.8, 4) is 34.0 Å². The van der Waals surface area contributed by atoms with E-state index >= 15 is 0 Å². The highest BCUT2D eigenvalue weighted by Gasteiger charge is 2.18. The number of aromatic nitrogens is 3. The maximum absolute atomic E-state index is 6.07. The molecular weight excluding hydrogens is 374 g/mol. The van der Waals surface area contributed by atoms with E-state index in [1.807, 2.05) is 60.7 Å². The summed E-state index contributed by atoms with van der Waals surface area (Å²) in [5, 5.41) is 8.21. The van der Waals surface area contributed by atoms with E-state index in [2.05, 4.69) is 15.2 Å². The fraction of sp³-hybridized carbons (Fsp3) is 0.0909. The summed E-state index contributed by atoms with van der Waals surface area (Å²) in [4.78, 5) is 4.11. The molecule has 0 bridgehead atoms. The molecule has 2 aromatic heterocycles. The number of pyridine rings is 1. The molecule has 0 aliphatic rings. The Kier molecular flexibility index (Phi) is 5.26. The molecule has 0 atom stereocenters. The van der Waals surface area contributed by atoms with Gasteiger partial charge >= 0.3 is 0 Å². The zero-order valence-corrected chi connectivity index (χ0v) is 16.0. The van der Waals surface area contributed by atoms with Crippen molar-refractivity contribution in [2.24, 2.45) is 0 Å². The Balaban J connectivity index is 1.67. The lowest BCUT2D eigenvalue weighted by molar-refractivity contribution is 0.294. The average molecular weight is 392 g/mol. The number of nitrogens with one attached hydrogen (secondary N) is 1. The number of aromatic amines is 1. The third kappa shape index (κ3) is 3.85. The summed E-state index contributed by atoms with van der Waals surface area (Å²) >= 11 is 6.03. The van der Waals surface area contributed by atoms with E-state index in [0.29, 0.717) is 17.5 Å². The van der Waals surface area contributed by atoms with E-state index in [9.17, 15) is 0 Å². The minimum Gasteiger partial charge on any atom is -0.497 e. The third-order valence-corrected chi connectivity index (χ3v) is 4.61. The molecule has 0 saturated heterocycles. The minimum absolute atomic E-state index is 0.407. The van der Waals surface area contributed by atoms with Gasteiger partial charge in [-0.2, -0.15) is 5.10 Å². The van der Waals surface area contributed by atoms with Crippen LogP contribution in [-0.2, 0) is 6.61 Å². The number of halogens is 1. The van der Waals surface area contributed by atoms with Gasteiger partial charge in [0, 0.05) is 23.0 Å². The molecule has 2 aromatic carbocycles. The Morgan fingerprint density at radius 1 is 0.893 bits per heavy atom. The molecule has 5 nitrogen and oxygen atoms in total. The number of rotatable bonds is 6. The van der Waals surface area contributed by atoms with Gasteiger partial charge < -0.3 is 9.47 Å². The van der Waals surface area contributed by atoms with Gasteiger partial charge in [0.2, 0.25) is 5.88 Å². The van der Waals surface area contributed by atoms with Crippen LogP contribution in [0.3, 0.4) is 0 Å². The molecule has 6 heteroatoms. The Morgan fingerprint density at radius 3 is 2.29 bits per heavy atom. The van der Waals surface area contributed by atoms with Crippen molar-refractivity contribution < 1.29 is 9.47 Å². The van der Waals surface area contributed by atoms with Crippen molar-refractivity contribution in [1.29, 1.82) is 0 Å². The first kappa shape index (κ1) is 18.1. The molecule has 4 rings (SSSR count). The highest BCUT2D eigenvalue weighted by atomic mass is 35.5. The Morgan fingerprint density at radius 2 is 1.61 bits per heavy atom. The molecule has 0 aliphatic heterocycles. The lowest BCUT2D eigenvalue weighted by atomic mass is 10.0. The zero-order chi connectivity index (χ0) is 19.3. The monoisotopic (exact) mass is 391 g/mol. The molecule has 0 radical (unpaired) electrons. The van der Waals surface area contributed by atoms with Crippen LogP contribution in [0.4, 0.5) is 0 Å². The number of hydrogen-bond acceptors (Lipinski definition) is 4. The van der Waals surface area contributed by atoms with E-state index in [4.69, 9.17) is 21.1 Å². The van der Waals surface area contributed by atoms with Gasteiger partial charge in [-0.3, -0.25) is 4.98 Å². The first-order chi connectivity index (χ1) is 13.7. The SMILES string of the molecule is COc1ccc(COc2[nH]nc(-c3ccc(Cl)cc3)c2-c2ccncc2)cc1. The van der Waals surface area contributed by atoms with E-state index < -0.39 is 0 Å². The second-order valence-electron chi connectivity index (χ2n) is 6.16. The van der Waals surface area contributed by atoms with Gasteiger partial charge in [0.05, 0.1) is 12.7 Å². The fourth-order valence-electron chi connectivity index (χ4n) is 2.91. The normalized spacial score (nSPS) is 10.6. The number of nitrogens with zero attached hydrogens (tertiary/aromatic N) is 2. The van der Waals surface area contributed by atoms with Crippen LogP contribution in [0.2, 0.25) is 5.02 Å². The molecule has 2 heterocycles. The van der Waals surface area contributed by atoms with Crippen LogP contribution in [0.1, 0.15) is 5.56 Å². The Hall–Kier alpha value is -3.31. The fourth-order valence-corrected chi connectivity index (χ4v) is 3.04. The smallest absolute Gasteiger partial charge is 0.218 e. The van der Waals surface area contributed by atoms with Crippen molar-refractivity contribution in [2.75, 3.05) is 7.11 Å². The average Bonchev–Trinajstić information content (AvgIpc) is 3.17. The predicted molar refractivity (Wildman–Crippen MR) is 110 cm³/mol. The molecule has 28 heavy (non-hydrogen) atoms. The van der Waals surface area contributed by atoms with Crippen molar-refractivity contribution in [3.05, 3.63) is 83.6 Å². The maximum atomic E-state index is 6.07. The highest BCUT2D eigenvalue weighted by molar-refractivity contribution is 6.30. The molecule has 0 unspecified atom stereocenters. The summed E-state index contributed by atoms with van der Waals surface area (Å²) in [5.74, 6) is 1.42. The number of hydrogen-bond donors (Lipinski definition) is 1. The number of benzene rings is 2. The van der Waals surface area contributed by atoms with Gasteiger partial charge in [0.25, 0.3) is 0 Å². The molecule has 140 valence electrons. The second kappa shape index (κ2) is 8.15. The summed E-state index contributed by atoms with van der Waals surface area (Å²) in [5.41, 5.74) is 4.64. The van der Waals surface area contributed by atoms with Crippen LogP contribution in [0.25, 0.3) is 22.4 Å². The highest BCUT2D eigenvalue weighted by Crippen LogP contribution is 2.37. The van der Waals surface area contributed by atoms with Crippen molar-refractivity contribution in [1.82, 2.24) is 15.2 Å². The molecule has 0 aliphatic carbocycles. The second-order valence-corrected chi connectivity index (χ2v) is 6.59. The van der Waals surface area contributed by atoms with E-state index in [1.165, 1.54) is 0 Å². The molecule has 0 saturated carbocycles. The summed E-state index contributed by atoms with van der Waals surface area (Å²) in [6.07, 6.45) is 3.50. The Labute approximate surface area is 167 Å². The van der Waals surface area contributed by atoms with Gasteiger partial charge in [0.1, 0.15) is 18.1 Å². The largest absolute Gasteiger partial charge is 0.497 e. The predicted octanol–water partition coefficient (Wildman–Crippen LogP) is 5.38. The molecule has 0 amide bonds. The van der Waals surface area contributed by atoms with E-state index in [-0.39, 0.29) is 0 Å². The summed E-state index contributed by atoms with van der Waals surface area (Å²) in [7, 11) is 1.65. The molecule has 0 spiro atoms. The van der Waals surface area contributed by atoms with Crippen LogP contribution in [0.5, 0.6) is 11.6 Å². The maximum Gasteiger partial charge on any atom is 0.218 e. The quantitative estimate of drug-likeness (QED) is 0.479. The van der Waals surface area contributed by atoms with Gasteiger partial charge in [-0.1, -0.05) is 35.9 Å². The van der Waals surface area contributed by atoms with Gasteiger partial charge in [0.15, 0.2) is 0 Å². The molecular formula is C22H18ClN3O2. The minimum atomic E-state index is 0.407. The van der Waals surface area contributed by atoms with Crippen LogP contribution < -0.4 is 9.47 Å². The van der Waals surface area contributed by atoms with E-state index in [1.54, 1.807) is 19.5 Å².